The van der Waals surface area contributed by atoms with Crippen molar-refractivity contribution in [2.45, 2.75) is 26.2 Å². The zero-order chi connectivity index (χ0) is 18.1. The van der Waals surface area contributed by atoms with Gasteiger partial charge in [0.25, 0.3) is 17.3 Å². The van der Waals surface area contributed by atoms with Crippen molar-refractivity contribution in [1.29, 1.82) is 0 Å². The third-order valence-electron chi connectivity index (χ3n) is 3.99. The largest absolute Gasteiger partial charge is 0.298 e. The maximum absolute atomic E-state index is 12.4. The van der Waals surface area contributed by atoms with Gasteiger partial charge in [-0.15, -0.1) is 11.3 Å². The number of carbonyl (C=O) groups is 1. The van der Waals surface area contributed by atoms with Gasteiger partial charge in [0, 0.05) is 17.0 Å². The van der Waals surface area contributed by atoms with Crippen LogP contribution in [0.1, 0.15) is 34.3 Å². The number of nitro benzene ring substituents is 2. The molecule has 1 aromatic heterocycles. The van der Waals surface area contributed by atoms with Gasteiger partial charge in [-0.2, -0.15) is 0 Å². The minimum atomic E-state index is -0.771. The van der Waals surface area contributed by atoms with Crippen molar-refractivity contribution in [3.63, 3.8) is 0 Å². The first-order chi connectivity index (χ1) is 11.8. The van der Waals surface area contributed by atoms with Crippen LogP contribution in [0.2, 0.25) is 0 Å². The molecule has 0 unspecified atom stereocenters. The second-order valence-corrected chi connectivity index (χ2v) is 7.03. The third kappa shape index (κ3) is 3.63. The molecule has 130 valence electrons. The quantitative estimate of drug-likeness (QED) is 0.656. The molecule has 10 heteroatoms. The molecule has 3 rings (SSSR count). The molecular formula is C15H14N4O5S. The predicted octanol–water partition coefficient (Wildman–Crippen LogP) is 3.34. The monoisotopic (exact) mass is 362 g/mol. The molecule has 0 bridgehead atoms. The molecule has 9 nitrogen and oxygen atoms in total. The molecule has 1 amide bonds. The van der Waals surface area contributed by atoms with Crippen LogP contribution < -0.4 is 5.32 Å². The zero-order valence-electron chi connectivity index (χ0n) is 13.2. The van der Waals surface area contributed by atoms with E-state index in [4.69, 9.17) is 0 Å². The molecule has 2 aromatic rings. The number of carbonyl (C=O) groups excluding carboxylic acids is 1. The first-order valence-electron chi connectivity index (χ1n) is 7.57. The molecule has 0 spiro atoms. The highest BCUT2D eigenvalue weighted by Gasteiger charge is 2.23. The molecule has 1 aliphatic carbocycles. The summed E-state index contributed by atoms with van der Waals surface area (Å²) in [4.78, 5) is 38.1. The minimum Gasteiger partial charge on any atom is -0.298 e. The van der Waals surface area contributed by atoms with E-state index in [0.717, 1.165) is 48.0 Å². The average Bonchev–Trinajstić information content (AvgIpc) is 2.95. The van der Waals surface area contributed by atoms with Crippen LogP contribution in [0.15, 0.2) is 18.2 Å². The first-order valence-corrected chi connectivity index (χ1v) is 8.39. The number of rotatable bonds is 4. The Labute approximate surface area is 146 Å². The lowest BCUT2D eigenvalue weighted by Crippen LogP contribution is -2.12. The molecule has 25 heavy (non-hydrogen) atoms. The van der Waals surface area contributed by atoms with E-state index < -0.39 is 27.1 Å². The van der Waals surface area contributed by atoms with Crippen LogP contribution in [0.5, 0.6) is 0 Å². The predicted molar refractivity (Wildman–Crippen MR) is 91.0 cm³/mol. The topological polar surface area (TPSA) is 128 Å². The van der Waals surface area contributed by atoms with E-state index in [1.807, 2.05) is 0 Å². The Morgan fingerprint density at radius 2 is 1.88 bits per heavy atom. The molecule has 0 fully saturated rings. The molecule has 1 aromatic carbocycles. The summed E-state index contributed by atoms with van der Waals surface area (Å²) >= 11 is 1.37. The van der Waals surface area contributed by atoms with Gasteiger partial charge in [-0.25, -0.2) is 4.98 Å². The molecule has 0 saturated carbocycles. The fraction of sp³-hybridized carbons (Fsp3) is 0.333. The van der Waals surface area contributed by atoms with E-state index >= 15 is 0 Å². The fourth-order valence-electron chi connectivity index (χ4n) is 2.70. The zero-order valence-corrected chi connectivity index (χ0v) is 14.0. The SMILES string of the molecule is C[C@@H]1CCc2nc(NC(=O)c3cc([N+](=O)[O-])cc([N+](=O)[O-])c3)sc2C1. The number of nitrogens with one attached hydrogen (secondary N) is 1. The summed E-state index contributed by atoms with van der Waals surface area (Å²) in [5.74, 6) is -0.0955. The number of aryl methyl sites for hydroxylation is 1. The number of nitro groups is 2. The Hall–Kier alpha value is -2.88. The van der Waals surface area contributed by atoms with E-state index in [9.17, 15) is 25.0 Å². The number of hydrogen-bond donors (Lipinski definition) is 1. The van der Waals surface area contributed by atoms with E-state index in [1.54, 1.807) is 0 Å². The maximum atomic E-state index is 12.4. The third-order valence-corrected chi connectivity index (χ3v) is 5.03. The van der Waals surface area contributed by atoms with Gasteiger partial charge in [-0.3, -0.25) is 30.3 Å². The van der Waals surface area contributed by atoms with E-state index in [2.05, 4.69) is 17.2 Å². The van der Waals surface area contributed by atoms with Gasteiger partial charge in [0.15, 0.2) is 5.13 Å². The van der Waals surface area contributed by atoms with E-state index in [1.165, 1.54) is 11.3 Å². The summed E-state index contributed by atoms with van der Waals surface area (Å²) in [6, 6.07) is 2.84. The summed E-state index contributed by atoms with van der Waals surface area (Å²) in [6.45, 7) is 2.16. The Kier molecular flexibility index (Phi) is 4.45. The number of fused-ring (bicyclic) bond motifs is 1. The molecule has 1 heterocycles. The summed E-state index contributed by atoms with van der Waals surface area (Å²) < 4.78 is 0. The standard InChI is InChI=1S/C15H14N4O5S/c1-8-2-3-12-13(4-8)25-15(16-12)17-14(20)9-5-10(18(21)22)7-11(6-9)19(23)24/h5-8H,2-4H2,1H3,(H,16,17,20)/t8-/m1/s1. The molecular weight excluding hydrogens is 348 g/mol. The maximum Gasteiger partial charge on any atom is 0.277 e. The van der Waals surface area contributed by atoms with Gasteiger partial charge >= 0.3 is 0 Å². The van der Waals surface area contributed by atoms with Crippen LogP contribution in [0, 0.1) is 26.1 Å². The second kappa shape index (κ2) is 6.55. The smallest absolute Gasteiger partial charge is 0.277 e. The average molecular weight is 362 g/mol. The van der Waals surface area contributed by atoms with Crippen LogP contribution in [0.3, 0.4) is 0 Å². The van der Waals surface area contributed by atoms with Gasteiger partial charge in [0.2, 0.25) is 0 Å². The number of amides is 1. The second-order valence-electron chi connectivity index (χ2n) is 5.94. The number of aromatic nitrogens is 1. The van der Waals surface area contributed by atoms with Crippen molar-refractivity contribution in [2.24, 2.45) is 5.92 Å². The lowest BCUT2D eigenvalue weighted by atomic mass is 9.93. The molecule has 0 aliphatic heterocycles. The van der Waals surface area contributed by atoms with Gasteiger partial charge in [0.05, 0.1) is 27.2 Å². The fourth-order valence-corrected chi connectivity index (χ4v) is 3.87. The summed E-state index contributed by atoms with van der Waals surface area (Å²) in [5.41, 5.74) is -0.205. The Bertz CT molecular complexity index is 847. The Balaban J connectivity index is 1.86. The number of nitrogens with zero attached hydrogens (tertiary/aromatic N) is 3. The van der Waals surface area contributed by atoms with Crippen molar-refractivity contribution >= 4 is 33.8 Å². The minimum absolute atomic E-state index is 0.151. The Morgan fingerprint density at radius 1 is 1.24 bits per heavy atom. The van der Waals surface area contributed by atoms with Crippen molar-refractivity contribution < 1.29 is 14.6 Å². The summed E-state index contributed by atoms with van der Waals surface area (Å²) in [5, 5.41) is 24.8. The molecule has 1 atom stereocenters. The van der Waals surface area contributed by atoms with Crippen molar-refractivity contribution in [3.8, 4) is 0 Å². The van der Waals surface area contributed by atoms with Crippen molar-refractivity contribution in [2.75, 3.05) is 5.32 Å². The number of hydrogen-bond acceptors (Lipinski definition) is 7. The van der Waals surface area contributed by atoms with Crippen LogP contribution >= 0.6 is 11.3 Å². The highest BCUT2D eigenvalue weighted by Crippen LogP contribution is 2.32. The highest BCUT2D eigenvalue weighted by molar-refractivity contribution is 7.15. The van der Waals surface area contributed by atoms with Crippen molar-refractivity contribution in [3.05, 3.63) is 54.6 Å². The molecule has 1 N–H and O–H groups in total. The van der Waals surface area contributed by atoms with Gasteiger partial charge in [-0.05, 0) is 25.2 Å². The molecule has 0 saturated heterocycles. The normalized spacial score (nSPS) is 16.1. The Morgan fingerprint density at radius 3 is 2.48 bits per heavy atom. The number of non-ortho nitro benzene ring substituents is 2. The van der Waals surface area contributed by atoms with Gasteiger partial charge in [0.1, 0.15) is 0 Å². The number of benzene rings is 1. The van der Waals surface area contributed by atoms with Crippen LogP contribution in [-0.2, 0) is 12.8 Å². The summed E-state index contributed by atoms with van der Waals surface area (Å²) in [7, 11) is 0. The van der Waals surface area contributed by atoms with Gasteiger partial charge in [-0.1, -0.05) is 6.92 Å². The van der Waals surface area contributed by atoms with E-state index in [-0.39, 0.29) is 5.56 Å². The lowest BCUT2D eigenvalue weighted by molar-refractivity contribution is -0.394. The first kappa shape index (κ1) is 17.0. The lowest BCUT2D eigenvalue weighted by Gasteiger charge is -2.15. The van der Waals surface area contributed by atoms with E-state index in [0.29, 0.717) is 11.0 Å². The van der Waals surface area contributed by atoms with Crippen LogP contribution in [-0.4, -0.2) is 20.7 Å². The van der Waals surface area contributed by atoms with Gasteiger partial charge < -0.3 is 0 Å². The highest BCUT2D eigenvalue weighted by atomic mass is 32.1. The van der Waals surface area contributed by atoms with Crippen LogP contribution in [0.25, 0.3) is 0 Å². The number of anilines is 1. The molecule has 1 aliphatic rings. The van der Waals surface area contributed by atoms with Crippen LogP contribution in [0.4, 0.5) is 16.5 Å². The summed E-state index contributed by atoms with van der Waals surface area (Å²) in [6.07, 6.45) is 2.80. The molecule has 0 radical (unpaired) electrons. The van der Waals surface area contributed by atoms with Crippen molar-refractivity contribution in [1.82, 2.24) is 4.98 Å². The number of thiazole rings is 1.